The predicted octanol–water partition coefficient (Wildman–Crippen LogP) is -6.62. The van der Waals surface area contributed by atoms with E-state index in [1.54, 1.807) is 0 Å². The number of hydrogen-bond donors (Lipinski definition) is 0. The molecule has 1 aromatic carbocycles. The van der Waals surface area contributed by atoms with Crippen molar-refractivity contribution in [2.75, 3.05) is 0 Å². The number of carboxylic acid groups (broad SMARTS) is 2. The SMILES string of the molecule is C=Cc1ccccc1.O=C([O-])/C=C\C(=O)[O-].[Na+].[Na+]. The van der Waals surface area contributed by atoms with Gasteiger partial charge in [0.2, 0.25) is 0 Å². The summed E-state index contributed by atoms with van der Waals surface area (Å²) >= 11 is 0. The molecule has 0 spiro atoms. The summed E-state index contributed by atoms with van der Waals surface area (Å²) in [4.78, 5) is 18.8. The first-order valence-electron chi connectivity index (χ1n) is 4.33. The van der Waals surface area contributed by atoms with Gasteiger partial charge in [-0.15, -0.1) is 0 Å². The molecule has 0 fully saturated rings. The first-order valence-corrected chi connectivity index (χ1v) is 4.33. The minimum atomic E-state index is -1.55. The first kappa shape index (κ1) is 22.8. The molecule has 0 unspecified atom stereocenters. The molecule has 18 heavy (non-hydrogen) atoms. The molecule has 1 aromatic rings. The minimum absolute atomic E-state index is 0. The van der Waals surface area contributed by atoms with Gasteiger partial charge in [-0.3, -0.25) is 0 Å². The summed E-state index contributed by atoms with van der Waals surface area (Å²) in [6.45, 7) is 3.63. The van der Waals surface area contributed by atoms with Gasteiger partial charge in [-0.05, 0) is 17.7 Å². The predicted molar refractivity (Wildman–Crippen MR) is 55.7 cm³/mol. The van der Waals surface area contributed by atoms with Gasteiger partial charge in [-0.2, -0.15) is 0 Å². The van der Waals surface area contributed by atoms with Gasteiger partial charge in [0.1, 0.15) is 0 Å². The van der Waals surface area contributed by atoms with E-state index in [4.69, 9.17) is 0 Å². The van der Waals surface area contributed by atoms with Crippen LogP contribution in [0.4, 0.5) is 0 Å². The summed E-state index contributed by atoms with van der Waals surface area (Å²) in [5.74, 6) is -3.09. The van der Waals surface area contributed by atoms with Crippen LogP contribution in [0.2, 0.25) is 0 Å². The third-order valence-electron chi connectivity index (χ3n) is 1.39. The Balaban J connectivity index is -0.000000225. The largest absolute Gasteiger partial charge is 1.00 e. The van der Waals surface area contributed by atoms with Gasteiger partial charge in [-0.25, -0.2) is 0 Å². The number of aliphatic carboxylic acids is 2. The van der Waals surface area contributed by atoms with Crippen LogP contribution in [0.15, 0.2) is 49.1 Å². The van der Waals surface area contributed by atoms with Crippen molar-refractivity contribution in [3.8, 4) is 0 Å². The number of carbonyl (C=O) groups excluding carboxylic acids is 2. The number of rotatable bonds is 3. The van der Waals surface area contributed by atoms with Crippen molar-refractivity contribution in [3.63, 3.8) is 0 Å². The Morgan fingerprint density at radius 2 is 1.33 bits per heavy atom. The number of carbonyl (C=O) groups is 2. The summed E-state index contributed by atoms with van der Waals surface area (Å²) in [7, 11) is 0. The first-order chi connectivity index (χ1) is 7.56. The summed E-state index contributed by atoms with van der Waals surface area (Å²) in [6, 6.07) is 10.0. The smallest absolute Gasteiger partial charge is 0.545 e. The van der Waals surface area contributed by atoms with Crippen LogP contribution >= 0.6 is 0 Å². The molecule has 0 bridgehead atoms. The van der Waals surface area contributed by atoms with Gasteiger partial charge < -0.3 is 19.8 Å². The molecule has 0 radical (unpaired) electrons. The third kappa shape index (κ3) is 15.6. The van der Waals surface area contributed by atoms with E-state index < -0.39 is 11.9 Å². The topological polar surface area (TPSA) is 80.3 Å². The fourth-order valence-corrected chi connectivity index (χ4v) is 0.725. The van der Waals surface area contributed by atoms with E-state index in [0.29, 0.717) is 12.2 Å². The molecule has 0 aliphatic rings. The molecular weight excluding hydrogens is 254 g/mol. The van der Waals surface area contributed by atoms with Crippen LogP contribution in [0.5, 0.6) is 0 Å². The van der Waals surface area contributed by atoms with E-state index in [1.807, 2.05) is 36.4 Å². The summed E-state index contributed by atoms with van der Waals surface area (Å²) in [5.41, 5.74) is 1.17. The normalized spacial score (nSPS) is 8.00. The van der Waals surface area contributed by atoms with Gasteiger partial charge in [0.15, 0.2) is 0 Å². The average molecular weight is 264 g/mol. The average Bonchev–Trinajstić information content (AvgIpc) is 2.28. The second-order valence-corrected chi connectivity index (χ2v) is 2.59. The number of hydrogen-bond acceptors (Lipinski definition) is 4. The second-order valence-electron chi connectivity index (χ2n) is 2.59. The van der Waals surface area contributed by atoms with Gasteiger partial charge in [0, 0.05) is 0 Å². The standard InChI is InChI=1S/C8H8.C4H4O4.2Na/c1-2-8-6-4-3-5-7-8;5-3(6)1-2-4(7)8;;/h2-7H,1H2;1-2H,(H,5,6)(H,7,8);;/q;;2*+1/p-2/b;2-1-;;. The maximum absolute atomic E-state index is 9.41. The molecule has 0 saturated heterocycles. The van der Waals surface area contributed by atoms with Crippen LogP contribution in [0.3, 0.4) is 0 Å². The van der Waals surface area contributed by atoms with Crippen LogP contribution in [-0.2, 0) is 9.59 Å². The molecule has 0 atom stereocenters. The van der Waals surface area contributed by atoms with Crippen molar-refractivity contribution in [2.45, 2.75) is 0 Å². The fourth-order valence-electron chi connectivity index (χ4n) is 0.725. The molecule has 4 nitrogen and oxygen atoms in total. The van der Waals surface area contributed by atoms with Crippen LogP contribution in [0.25, 0.3) is 6.08 Å². The van der Waals surface area contributed by atoms with Crippen LogP contribution in [-0.4, -0.2) is 11.9 Å². The van der Waals surface area contributed by atoms with Crippen molar-refractivity contribution < 1.29 is 78.9 Å². The summed E-state index contributed by atoms with van der Waals surface area (Å²) in [5, 5.41) is 18.8. The van der Waals surface area contributed by atoms with Crippen molar-refractivity contribution >= 4 is 18.0 Å². The Morgan fingerprint density at radius 1 is 0.944 bits per heavy atom. The molecular formula is C12H10Na2O4. The molecule has 84 valence electrons. The van der Waals surface area contributed by atoms with E-state index in [0.717, 1.165) is 0 Å². The molecule has 6 heteroatoms. The van der Waals surface area contributed by atoms with Crippen molar-refractivity contribution in [3.05, 3.63) is 54.6 Å². The van der Waals surface area contributed by atoms with E-state index >= 15 is 0 Å². The quantitative estimate of drug-likeness (QED) is 0.401. The Labute approximate surface area is 150 Å². The zero-order valence-electron chi connectivity index (χ0n) is 10.5. The van der Waals surface area contributed by atoms with Gasteiger partial charge >= 0.3 is 59.1 Å². The molecule has 0 aromatic heterocycles. The van der Waals surface area contributed by atoms with E-state index in [2.05, 4.69) is 6.58 Å². The third-order valence-corrected chi connectivity index (χ3v) is 1.39. The molecule has 0 amide bonds. The molecule has 0 heterocycles. The minimum Gasteiger partial charge on any atom is -0.545 e. The van der Waals surface area contributed by atoms with Crippen LogP contribution in [0.1, 0.15) is 5.56 Å². The van der Waals surface area contributed by atoms with Crippen LogP contribution < -0.4 is 69.3 Å². The summed E-state index contributed by atoms with van der Waals surface area (Å²) in [6.07, 6.45) is 2.60. The number of carboxylic acids is 2. The van der Waals surface area contributed by atoms with Gasteiger partial charge in [0.25, 0.3) is 0 Å². The maximum Gasteiger partial charge on any atom is 1.00 e. The molecule has 0 N–H and O–H groups in total. The van der Waals surface area contributed by atoms with Crippen LogP contribution in [0, 0.1) is 0 Å². The fraction of sp³-hybridized carbons (Fsp3) is 0. The zero-order valence-corrected chi connectivity index (χ0v) is 14.5. The molecule has 0 aliphatic heterocycles. The van der Waals surface area contributed by atoms with Gasteiger partial charge in [0.05, 0.1) is 11.9 Å². The molecule has 0 saturated carbocycles. The zero-order chi connectivity index (χ0) is 12.4. The summed E-state index contributed by atoms with van der Waals surface area (Å²) < 4.78 is 0. The Kier molecular flexibility index (Phi) is 18.6. The van der Waals surface area contributed by atoms with E-state index in [-0.39, 0.29) is 59.1 Å². The Bertz CT molecular complexity index is 372. The molecule has 0 aliphatic carbocycles. The van der Waals surface area contributed by atoms with Gasteiger partial charge in [-0.1, -0.05) is 43.0 Å². The second kappa shape index (κ2) is 14.7. The van der Waals surface area contributed by atoms with Crippen molar-refractivity contribution in [2.24, 2.45) is 0 Å². The monoisotopic (exact) mass is 264 g/mol. The number of benzene rings is 1. The Morgan fingerprint density at radius 3 is 1.56 bits per heavy atom. The Hall–Kier alpha value is -0.360. The van der Waals surface area contributed by atoms with E-state index in [9.17, 15) is 19.8 Å². The van der Waals surface area contributed by atoms with Crippen molar-refractivity contribution in [1.29, 1.82) is 0 Å². The molecule has 1 rings (SSSR count). The van der Waals surface area contributed by atoms with Crippen molar-refractivity contribution in [1.82, 2.24) is 0 Å². The van der Waals surface area contributed by atoms with E-state index in [1.165, 1.54) is 5.56 Å². The maximum atomic E-state index is 9.41.